The Bertz CT molecular complexity index is 866. The number of methoxy groups -OCH3 is 1. The molecule has 2 aromatic carbocycles. The summed E-state index contributed by atoms with van der Waals surface area (Å²) in [6.45, 7) is 3.20. The summed E-state index contributed by atoms with van der Waals surface area (Å²) in [6, 6.07) is 13.2. The Hall–Kier alpha value is -3.02. The number of hydrogen-bond donors (Lipinski definition) is 1. The molecule has 0 saturated carbocycles. The predicted molar refractivity (Wildman–Crippen MR) is 114 cm³/mol. The van der Waals surface area contributed by atoms with Gasteiger partial charge in [0.25, 0.3) is 0 Å². The minimum atomic E-state index is -0.0858. The van der Waals surface area contributed by atoms with Gasteiger partial charge in [0.05, 0.1) is 19.4 Å². The number of nitrogens with one attached hydrogen (secondary N) is 1. The molecule has 6 heteroatoms. The molecule has 6 nitrogen and oxygen atoms in total. The monoisotopic (exact) mass is 396 g/mol. The van der Waals surface area contributed by atoms with Gasteiger partial charge < -0.3 is 19.7 Å². The number of carbonyl (C=O) groups excluding carboxylic acids is 2. The summed E-state index contributed by atoms with van der Waals surface area (Å²) < 4.78 is 11.1. The van der Waals surface area contributed by atoms with Crippen LogP contribution in [0, 0.1) is 0 Å². The summed E-state index contributed by atoms with van der Waals surface area (Å²) in [6.07, 6.45) is 3.35. The molecule has 1 heterocycles. The highest BCUT2D eigenvalue weighted by molar-refractivity contribution is 5.97. The van der Waals surface area contributed by atoms with Crippen LogP contribution in [0.3, 0.4) is 0 Å². The molecular weight excluding hydrogens is 368 g/mol. The molecule has 0 aliphatic carbocycles. The molecule has 154 valence electrons. The van der Waals surface area contributed by atoms with E-state index in [4.69, 9.17) is 9.47 Å². The molecule has 1 saturated heterocycles. The van der Waals surface area contributed by atoms with Gasteiger partial charge in [0.2, 0.25) is 11.8 Å². The summed E-state index contributed by atoms with van der Waals surface area (Å²) in [5, 5.41) is 2.94. The third-order valence-corrected chi connectivity index (χ3v) is 4.97. The van der Waals surface area contributed by atoms with E-state index < -0.39 is 0 Å². The van der Waals surface area contributed by atoms with Crippen LogP contribution in [0.2, 0.25) is 0 Å². The SMILES string of the molecule is CCOc1ccccc1CCC(=O)Nc1ccc(OC)c(N2CCCCC2=O)c1. The van der Waals surface area contributed by atoms with Crippen LogP contribution in [-0.4, -0.2) is 32.1 Å². The van der Waals surface area contributed by atoms with Crippen molar-refractivity contribution in [3.05, 3.63) is 48.0 Å². The van der Waals surface area contributed by atoms with E-state index in [2.05, 4.69) is 5.32 Å². The topological polar surface area (TPSA) is 67.9 Å². The minimum Gasteiger partial charge on any atom is -0.495 e. The summed E-state index contributed by atoms with van der Waals surface area (Å²) in [7, 11) is 1.58. The van der Waals surface area contributed by atoms with Crippen molar-refractivity contribution in [3.63, 3.8) is 0 Å². The number of aryl methyl sites for hydroxylation is 1. The smallest absolute Gasteiger partial charge is 0.227 e. The van der Waals surface area contributed by atoms with Crippen LogP contribution in [0.5, 0.6) is 11.5 Å². The zero-order chi connectivity index (χ0) is 20.6. The van der Waals surface area contributed by atoms with Gasteiger partial charge in [0.15, 0.2) is 0 Å². The number of benzene rings is 2. The molecule has 0 aromatic heterocycles. The Morgan fingerprint density at radius 3 is 2.72 bits per heavy atom. The van der Waals surface area contributed by atoms with Crippen LogP contribution in [0.25, 0.3) is 0 Å². The second-order valence-corrected chi connectivity index (χ2v) is 6.98. The molecule has 29 heavy (non-hydrogen) atoms. The van der Waals surface area contributed by atoms with E-state index in [-0.39, 0.29) is 11.8 Å². The predicted octanol–water partition coefficient (Wildman–Crippen LogP) is 4.18. The summed E-state index contributed by atoms with van der Waals surface area (Å²) in [4.78, 5) is 26.6. The fourth-order valence-corrected chi connectivity index (χ4v) is 3.52. The lowest BCUT2D eigenvalue weighted by molar-refractivity contribution is -0.119. The molecule has 2 aromatic rings. The zero-order valence-corrected chi connectivity index (χ0v) is 17.1. The Balaban J connectivity index is 1.67. The molecule has 1 fully saturated rings. The first-order valence-corrected chi connectivity index (χ1v) is 10.1. The minimum absolute atomic E-state index is 0.0858. The quantitative estimate of drug-likeness (QED) is 0.727. The number of piperidine rings is 1. The lowest BCUT2D eigenvalue weighted by atomic mass is 10.1. The van der Waals surface area contributed by atoms with Gasteiger partial charge >= 0.3 is 0 Å². The van der Waals surface area contributed by atoms with Gasteiger partial charge in [0, 0.05) is 25.1 Å². The first-order valence-electron chi connectivity index (χ1n) is 10.1. The molecule has 3 rings (SSSR count). The highest BCUT2D eigenvalue weighted by Gasteiger charge is 2.23. The Kier molecular flexibility index (Phi) is 7.11. The van der Waals surface area contributed by atoms with Crippen LogP contribution >= 0.6 is 0 Å². The van der Waals surface area contributed by atoms with E-state index in [1.165, 1.54) is 0 Å². The Morgan fingerprint density at radius 1 is 1.14 bits per heavy atom. The zero-order valence-electron chi connectivity index (χ0n) is 17.1. The van der Waals surface area contributed by atoms with Gasteiger partial charge in [-0.05, 0) is 56.0 Å². The standard InChI is InChI=1S/C23H28N2O4/c1-3-29-20-9-5-4-8-17(20)11-14-22(26)24-18-12-13-21(28-2)19(16-18)25-15-7-6-10-23(25)27/h4-5,8-9,12-13,16H,3,6-7,10-11,14-15H2,1-2H3,(H,24,26). The number of anilines is 2. The largest absolute Gasteiger partial charge is 0.495 e. The molecule has 0 bridgehead atoms. The van der Waals surface area contributed by atoms with Gasteiger partial charge in [0.1, 0.15) is 11.5 Å². The molecular formula is C23H28N2O4. The Labute approximate surface area is 171 Å². The first-order chi connectivity index (χ1) is 14.1. The lowest BCUT2D eigenvalue weighted by Gasteiger charge is -2.28. The van der Waals surface area contributed by atoms with E-state index in [9.17, 15) is 9.59 Å². The van der Waals surface area contributed by atoms with Crippen LogP contribution < -0.4 is 19.7 Å². The normalized spacial score (nSPS) is 13.9. The maximum atomic E-state index is 12.5. The molecule has 0 radical (unpaired) electrons. The molecule has 2 amide bonds. The van der Waals surface area contributed by atoms with Gasteiger partial charge in [-0.1, -0.05) is 18.2 Å². The van der Waals surface area contributed by atoms with Crippen molar-refractivity contribution in [1.29, 1.82) is 0 Å². The average Bonchev–Trinajstić information content (AvgIpc) is 2.74. The summed E-state index contributed by atoms with van der Waals surface area (Å²) in [5.41, 5.74) is 2.37. The van der Waals surface area contributed by atoms with Crippen LogP contribution in [0.15, 0.2) is 42.5 Å². The van der Waals surface area contributed by atoms with Gasteiger partial charge in [-0.2, -0.15) is 0 Å². The number of rotatable bonds is 8. The molecule has 0 unspecified atom stereocenters. The van der Waals surface area contributed by atoms with Crippen molar-refractivity contribution in [2.75, 3.05) is 30.5 Å². The molecule has 1 aliphatic rings. The average molecular weight is 396 g/mol. The van der Waals surface area contributed by atoms with Crippen molar-refractivity contribution in [3.8, 4) is 11.5 Å². The van der Waals surface area contributed by atoms with Crippen molar-refractivity contribution < 1.29 is 19.1 Å². The van der Waals surface area contributed by atoms with Crippen molar-refractivity contribution >= 4 is 23.2 Å². The van der Waals surface area contributed by atoms with Crippen LogP contribution in [0.1, 0.15) is 38.2 Å². The van der Waals surface area contributed by atoms with E-state index in [0.717, 1.165) is 24.2 Å². The molecule has 0 atom stereocenters. The van der Waals surface area contributed by atoms with E-state index in [1.54, 1.807) is 24.1 Å². The highest BCUT2D eigenvalue weighted by atomic mass is 16.5. The van der Waals surface area contributed by atoms with Gasteiger partial charge in [-0.25, -0.2) is 0 Å². The number of amides is 2. The first kappa shape index (κ1) is 20.7. The van der Waals surface area contributed by atoms with Crippen molar-refractivity contribution in [2.24, 2.45) is 0 Å². The second-order valence-electron chi connectivity index (χ2n) is 6.98. The second kappa shape index (κ2) is 9.96. The van der Waals surface area contributed by atoms with E-state index in [1.807, 2.05) is 37.3 Å². The number of para-hydroxylation sites is 1. The highest BCUT2D eigenvalue weighted by Crippen LogP contribution is 2.33. The maximum Gasteiger partial charge on any atom is 0.227 e. The van der Waals surface area contributed by atoms with E-state index >= 15 is 0 Å². The number of nitrogens with zero attached hydrogens (tertiary/aromatic N) is 1. The molecule has 0 spiro atoms. The third kappa shape index (κ3) is 5.28. The summed E-state index contributed by atoms with van der Waals surface area (Å²) >= 11 is 0. The van der Waals surface area contributed by atoms with Crippen LogP contribution in [0.4, 0.5) is 11.4 Å². The lowest BCUT2D eigenvalue weighted by Crippen LogP contribution is -2.35. The van der Waals surface area contributed by atoms with Crippen molar-refractivity contribution in [2.45, 2.75) is 39.0 Å². The third-order valence-electron chi connectivity index (χ3n) is 4.97. The number of ether oxygens (including phenoxy) is 2. The van der Waals surface area contributed by atoms with Gasteiger partial charge in [-0.3, -0.25) is 9.59 Å². The van der Waals surface area contributed by atoms with Crippen molar-refractivity contribution in [1.82, 2.24) is 0 Å². The van der Waals surface area contributed by atoms with Crippen LogP contribution in [-0.2, 0) is 16.0 Å². The number of carbonyl (C=O) groups is 2. The Morgan fingerprint density at radius 2 is 1.97 bits per heavy atom. The fraction of sp³-hybridized carbons (Fsp3) is 0.391. The summed E-state index contributed by atoms with van der Waals surface area (Å²) in [5.74, 6) is 1.45. The van der Waals surface area contributed by atoms with E-state index in [0.29, 0.717) is 49.5 Å². The number of hydrogen-bond acceptors (Lipinski definition) is 4. The fourth-order valence-electron chi connectivity index (χ4n) is 3.52. The van der Waals surface area contributed by atoms with Gasteiger partial charge in [-0.15, -0.1) is 0 Å². The molecule has 1 aliphatic heterocycles. The molecule has 1 N–H and O–H groups in total. The maximum absolute atomic E-state index is 12.5.